The Morgan fingerprint density at radius 2 is 1.88 bits per heavy atom. The van der Waals surface area contributed by atoms with E-state index in [-0.39, 0.29) is 17.1 Å². The zero-order valence-electron chi connectivity index (χ0n) is 13.9. The van der Waals surface area contributed by atoms with Crippen LogP contribution in [0.2, 0.25) is 0 Å². The fraction of sp³-hybridized carbons (Fsp3) is 0.389. The summed E-state index contributed by atoms with van der Waals surface area (Å²) >= 11 is 6.07. The second-order valence-corrected chi connectivity index (χ2v) is 6.66. The van der Waals surface area contributed by atoms with E-state index in [4.69, 9.17) is 20.8 Å². The van der Waals surface area contributed by atoms with E-state index in [0.29, 0.717) is 24.4 Å². The third kappa shape index (κ3) is 3.31. The smallest absolute Gasteiger partial charge is 0.191 e. The quantitative estimate of drug-likeness (QED) is 0.586. The molecule has 0 fully saturated rings. The Labute approximate surface area is 154 Å². The van der Waals surface area contributed by atoms with Crippen molar-refractivity contribution >= 4 is 11.6 Å². The summed E-state index contributed by atoms with van der Waals surface area (Å²) in [7, 11) is 1.46. The first-order chi connectivity index (χ1) is 12.3. The number of benzene rings is 1. The predicted molar refractivity (Wildman–Crippen MR) is 92.6 cm³/mol. The predicted octanol–water partition coefficient (Wildman–Crippen LogP) is 1.19. The highest BCUT2D eigenvalue weighted by atomic mass is 35.5. The number of rotatable bonds is 4. The molecule has 0 saturated heterocycles. The van der Waals surface area contributed by atoms with Crippen LogP contribution >= 0.6 is 11.6 Å². The summed E-state index contributed by atoms with van der Waals surface area (Å²) < 4.78 is 10.6. The van der Waals surface area contributed by atoms with Gasteiger partial charge in [0, 0.05) is 12.5 Å². The zero-order valence-corrected chi connectivity index (χ0v) is 14.7. The summed E-state index contributed by atoms with van der Waals surface area (Å²) in [4.78, 5) is 12.3. The lowest BCUT2D eigenvalue weighted by atomic mass is 9.88. The van der Waals surface area contributed by atoms with Crippen LogP contribution in [0.15, 0.2) is 33.5 Å². The SMILES string of the molecule is COc1ccc(CCc2cc(=O)c3c(o2)[C@H](Cl)[C@@H](O)[C@@H](O)[C@@H]3O)cc1O. The number of hydrogen-bond donors (Lipinski definition) is 4. The van der Waals surface area contributed by atoms with Gasteiger partial charge < -0.3 is 29.6 Å². The monoisotopic (exact) mass is 382 g/mol. The minimum atomic E-state index is -1.56. The number of aliphatic hydroxyl groups is 3. The topological polar surface area (TPSA) is 120 Å². The van der Waals surface area contributed by atoms with Crippen molar-refractivity contribution in [2.24, 2.45) is 0 Å². The van der Waals surface area contributed by atoms with Crippen LogP contribution < -0.4 is 10.2 Å². The van der Waals surface area contributed by atoms with Crippen molar-refractivity contribution in [3.05, 3.63) is 57.1 Å². The number of phenolic OH excluding ortho intramolecular Hbond substituents is 1. The van der Waals surface area contributed by atoms with Crippen molar-refractivity contribution in [1.82, 2.24) is 0 Å². The van der Waals surface area contributed by atoms with Gasteiger partial charge in [-0.05, 0) is 24.1 Å². The normalized spacial score (nSPS) is 25.0. The molecule has 1 aliphatic rings. The molecule has 0 bridgehead atoms. The molecular formula is C18H19ClO7. The van der Waals surface area contributed by atoms with Gasteiger partial charge in [0.25, 0.3) is 0 Å². The maximum absolute atomic E-state index is 12.3. The molecule has 26 heavy (non-hydrogen) atoms. The number of hydrogen-bond acceptors (Lipinski definition) is 7. The first kappa shape index (κ1) is 18.7. The van der Waals surface area contributed by atoms with E-state index < -0.39 is 29.1 Å². The van der Waals surface area contributed by atoms with Crippen LogP contribution in [-0.4, -0.2) is 39.7 Å². The van der Waals surface area contributed by atoms with Gasteiger partial charge in [-0.1, -0.05) is 6.07 Å². The molecule has 0 unspecified atom stereocenters. The lowest BCUT2D eigenvalue weighted by Crippen LogP contribution is -2.42. The van der Waals surface area contributed by atoms with Gasteiger partial charge in [0.05, 0.1) is 12.7 Å². The first-order valence-electron chi connectivity index (χ1n) is 8.04. The van der Waals surface area contributed by atoms with Crippen molar-refractivity contribution in [2.45, 2.75) is 36.5 Å². The van der Waals surface area contributed by atoms with Crippen molar-refractivity contribution < 1.29 is 29.6 Å². The second-order valence-electron chi connectivity index (χ2n) is 6.19. The average molecular weight is 383 g/mol. The maximum atomic E-state index is 12.3. The fourth-order valence-electron chi connectivity index (χ4n) is 3.03. The fourth-order valence-corrected chi connectivity index (χ4v) is 3.35. The van der Waals surface area contributed by atoms with Crippen molar-refractivity contribution in [3.8, 4) is 11.5 Å². The van der Waals surface area contributed by atoms with E-state index in [1.54, 1.807) is 18.2 Å². The van der Waals surface area contributed by atoms with Gasteiger partial charge in [-0.25, -0.2) is 0 Å². The van der Waals surface area contributed by atoms with E-state index >= 15 is 0 Å². The third-order valence-corrected chi connectivity index (χ3v) is 4.94. The number of phenols is 1. The van der Waals surface area contributed by atoms with Crippen LogP contribution in [0.5, 0.6) is 11.5 Å². The summed E-state index contributed by atoms with van der Waals surface area (Å²) in [6.45, 7) is 0. The molecule has 3 rings (SSSR count). The molecule has 1 heterocycles. The zero-order chi connectivity index (χ0) is 19.0. The molecule has 1 aliphatic carbocycles. The second kappa shape index (κ2) is 7.28. The minimum absolute atomic E-state index is 0.0120. The summed E-state index contributed by atoms with van der Waals surface area (Å²) in [6.07, 6.45) is -3.75. The molecule has 2 aromatic rings. The van der Waals surface area contributed by atoms with Crippen LogP contribution in [0.1, 0.15) is 34.1 Å². The molecule has 4 atom stereocenters. The number of fused-ring (bicyclic) bond motifs is 1. The van der Waals surface area contributed by atoms with Gasteiger partial charge in [0.15, 0.2) is 16.9 Å². The van der Waals surface area contributed by atoms with Gasteiger partial charge in [-0.15, -0.1) is 11.6 Å². The number of alkyl halides is 1. The molecule has 1 aromatic heterocycles. The largest absolute Gasteiger partial charge is 0.504 e. The van der Waals surface area contributed by atoms with E-state index in [0.717, 1.165) is 5.56 Å². The summed E-state index contributed by atoms with van der Waals surface area (Å²) in [5.74, 6) is 0.668. The van der Waals surface area contributed by atoms with Gasteiger partial charge in [0.1, 0.15) is 35.2 Å². The number of aryl methyl sites for hydroxylation is 2. The number of methoxy groups -OCH3 is 1. The van der Waals surface area contributed by atoms with Gasteiger partial charge in [-0.3, -0.25) is 4.79 Å². The number of halogens is 1. The summed E-state index contributed by atoms with van der Waals surface area (Å²) in [6, 6.07) is 6.21. The minimum Gasteiger partial charge on any atom is -0.504 e. The van der Waals surface area contributed by atoms with Gasteiger partial charge in [-0.2, -0.15) is 0 Å². The molecule has 1 aromatic carbocycles. The van der Waals surface area contributed by atoms with E-state index in [1.807, 2.05) is 0 Å². The number of aromatic hydroxyl groups is 1. The van der Waals surface area contributed by atoms with E-state index in [2.05, 4.69) is 0 Å². The van der Waals surface area contributed by atoms with Crippen LogP contribution in [0, 0.1) is 0 Å². The van der Waals surface area contributed by atoms with Gasteiger partial charge in [0.2, 0.25) is 0 Å². The number of aliphatic hydroxyl groups excluding tert-OH is 3. The first-order valence-corrected chi connectivity index (χ1v) is 8.48. The van der Waals surface area contributed by atoms with Gasteiger partial charge >= 0.3 is 0 Å². The number of ether oxygens (including phenoxy) is 1. The van der Waals surface area contributed by atoms with Crippen LogP contribution in [0.4, 0.5) is 0 Å². The molecule has 7 nitrogen and oxygen atoms in total. The van der Waals surface area contributed by atoms with Crippen LogP contribution in [-0.2, 0) is 12.8 Å². The third-order valence-electron chi connectivity index (χ3n) is 4.49. The average Bonchev–Trinajstić information content (AvgIpc) is 2.62. The molecule has 140 valence electrons. The lowest BCUT2D eigenvalue weighted by molar-refractivity contribution is -0.0756. The van der Waals surface area contributed by atoms with Crippen LogP contribution in [0.25, 0.3) is 0 Å². The van der Waals surface area contributed by atoms with E-state index in [1.165, 1.54) is 13.2 Å². The highest BCUT2D eigenvalue weighted by molar-refractivity contribution is 6.21. The van der Waals surface area contributed by atoms with Crippen molar-refractivity contribution in [2.75, 3.05) is 7.11 Å². The summed E-state index contributed by atoms with van der Waals surface area (Å²) in [5.41, 5.74) is 0.165. The molecule has 4 N–H and O–H groups in total. The Morgan fingerprint density at radius 3 is 2.54 bits per heavy atom. The van der Waals surface area contributed by atoms with Crippen molar-refractivity contribution in [1.29, 1.82) is 0 Å². The molecule has 0 aliphatic heterocycles. The molecule has 0 saturated carbocycles. The molecule has 8 heteroatoms. The Bertz CT molecular complexity index is 863. The molecule has 0 spiro atoms. The maximum Gasteiger partial charge on any atom is 0.191 e. The molecule has 0 radical (unpaired) electrons. The highest BCUT2D eigenvalue weighted by Gasteiger charge is 2.43. The highest BCUT2D eigenvalue weighted by Crippen LogP contribution is 2.39. The van der Waals surface area contributed by atoms with Crippen molar-refractivity contribution in [3.63, 3.8) is 0 Å². The van der Waals surface area contributed by atoms with Crippen LogP contribution in [0.3, 0.4) is 0 Å². The molecular weight excluding hydrogens is 364 g/mol. The Kier molecular flexibility index (Phi) is 5.24. The standard InChI is InChI=1S/C18H19ClO7/c1-25-12-5-3-8(6-10(12)20)2-4-9-7-11(21)13-15(22)17(24)16(23)14(19)18(13)26-9/h3,5-7,14-17,20,22-24H,2,4H2,1H3/t14-,15-,16-,17+/m1/s1. The Morgan fingerprint density at radius 1 is 1.15 bits per heavy atom. The Hall–Kier alpha value is -2.06. The molecule has 0 amide bonds. The van der Waals surface area contributed by atoms with E-state index in [9.17, 15) is 25.2 Å². The summed E-state index contributed by atoms with van der Waals surface area (Å²) in [5, 5.41) is 38.4. The Balaban J connectivity index is 1.86. The lowest BCUT2D eigenvalue weighted by Gasteiger charge is -2.32.